The van der Waals surface area contributed by atoms with Crippen molar-refractivity contribution in [2.75, 3.05) is 19.8 Å². The van der Waals surface area contributed by atoms with Crippen molar-refractivity contribution in [1.29, 1.82) is 0 Å². The molecule has 5 N–H and O–H groups in total. The fraction of sp³-hybridized carbons (Fsp3) is 0.353. The molecule has 0 fully saturated rings. The SMILES string of the molecule is CCOc1nc2cccc(C(=O)OC(C)(C)OC(=O)OCCCCC(CO[N+](=O)[O-])O[N+](=O)[O-])c2n1Cc1ccc(-c2ccccc2/C(=N/N)NN)cc1. The van der Waals surface area contributed by atoms with E-state index in [0.717, 1.165) is 16.7 Å². The van der Waals surface area contributed by atoms with E-state index in [2.05, 4.69) is 25.2 Å². The number of unbranched alkanes of at least 4 members (excludes halogenated alkanes) is 1. The Morgan fingerprint density at radius 1 is 0.981 bits per heavy atom. The molecule has 20 nitrogen and oxygen atoms in total. The van der Waals surface area contributed by atoms with Gasteiger partial charge in [-0.15, -0.1) is 20.2 Å². The van der Waals surface area contributed by atoms with Crippen molar-refractivity contribution in [1.82, 2.24) is 15.0 Å². The Hall–Kier alpha value is -6.70. The van der Waals surface area contributed by atoms with Crippen LogP contribution in [0.5, 0.6) is 6.01 Å². The number of nitrogens with one attached hydrogen (secondary N) is 1. The molecule has 4 aromatic rings. The lowest BCUT2D eigenvalue weighted by Gasteiger charge is -2.24. The van der Waals surface area contributed by atoms with Crippen molar-refractivity contribution in [3.8, 4) is 17.1 Å². The minimum absolute atomic E-state index is 0.0161. The predicted molar refractivity (Wildman–Crippen MR) is 191 cm³/mol. The maximum atomic E-state index is 13.6. The molecule has 0 aliphatic rings. The number of benzene rings is 3. The van der Waals surface area contributed by atoms with Crippen molar-refractivity contribution in [2.24, 2.45) is 16.8 Å². The Kier molecular flexibility index (Phi) is 13.9. The molecule has 0 saturated heterocycles. The summed E-state index contributed by atoms with van der Waals surface area (Å²) in [5.74, 6) is 8.88. The number of hydrogen-bond donors (Lipinski definition) is 3. The van der Waals surface area contributed by atoms with Crippen LogP contribution in [-0.4, -0.2) is 69.4 Å². The topological polar surface area (TPSA) is 270 Å². The van der Waals surface area contributed by atoms with Gasteiger partial charge in [0.2, 0.25) is 0 Å². The van der Waals surface area contributed by atoms with E-state index in [1.807, 2.05) is 55.5 Å². The molecule has 0 bridgehead atoms. The standard InChI is InChI=1S/C34H40N8O12/c1-4-49-32-37-28-14-9-13-27(29(28)40(32)20-22-15-17-23(18-16-22)25-11-5-6-12-26(25)30(38-35)39-36)31(43)52-34(2,3)53-33(44)50-19-8-7-10-24(54-42(47)48)21-51-41(45)46/h5-6,9,11-18,24H,4,7-8,10,19-21,35-36H2,1-3H3,(H,38,39). The number of carbonyl (C=O) groups excluding carboxylic acids is 2. The summed E-state index contributed by atoms with van der Waals surface area (Å²) in [6, 6.07) is 20.4. The smallest absolute Gasteiger partial charge is 0.465 e. The number of carbonyl (C=O) groups is 2. The van der Waals surface area contributed by atoms with Crippen LogP contribution >= 0.6 is 0 Å². The normalized spacial score (nSPS) is 12.0. The van der Waals surface area contributed by atoms with E-state index in [4.69, 9.17) is 30.6 Å². The van der Waals surface area contributed by atoms with Crippen LogP contribution in [0, 0.1) is 20.2 Å². The van der Waals surface area contributed by atoms with Gasteiger partial charge < -0.3 is 39.9 Å². The number of hydrazone groups is 1. The number of imidazole rings is 1. The molecule has 0 radical (unpaired) electrons. The summed E-state index contributed by atoms with van der Waals surface area (Å²) in [7, 11) is 0. The summed E-state index contributed by atoms with van der Waals surface area (Å²) in [5, 5.41) is 22.6. The number of hydrazine groups is 1. The molecular formula is C34H40N8O12. The van der Waals surface area contributed by atoms with Crippen LogP contribution in [0.3, 0.4) is 0 Å². The third-order valence-corrected chi connectivity index (χ3v) is 7.69. The summed E-state index contributed by atoms with van der Waals surface area (Å²) in [6.07, 6.45) is -1.85. The minimum atomic E-state index is -1.77. The second-order valence-electron chi connectivity index (χ2n) is 11.9. The summed E-state index contributed by atoms with van der Waals surface area (Å²) in [6.45, 7) is 4.31. The Morgan fingerprint density at radius 2 is 1.70 bits per heavy atom. The molecule has 1 heterocycles. The fourth-order valence-electron chi connectivity index (χ4n) is 5.40. The van der Waals surface area contributed by atoms with Gasteiger partial charge in [0.25, 0.3) is 22.0 Å². The number of aromatic nitrogens is 2. The minimum Gasteiger partial charge on any atom is -0.465 e. The van der Waals surface area contributed by atoms with E-state index in [9.17, 15) is 29.8 Å². The lowest BCUT2D eigenvalue weighted by atomic mass is 9.98. The van der Waals surface area contributed by atoms with Crippen LogP contribution < -0.4 is 21.8 Å². The molecule has 20 heteroatoms. The van der Waals surface area contributed by atoms with Crippen molar-refractivity contribution in [3.63, 3.8) is 0 Å². The summed E-state index contributed by atoms with van der Waals surface area (Å²) >= 11 is 0. The van der Waals surface area contributed by atoms with Gasteiger partial charge in [-0.3, -0.25) is 4.57 Å². The molecule has 0 spiro atoms. The van der Waals surface area contributed by atoms with E-state index in [1.54, 1.807) is 22.8 Å². The number of ether oxygens (including phenoxy) is 4. The van der Waals surface area contributed by atoms with Crippen molar-refractivity contribution >= 4 is 29.0 Å². The Balaban J connectivity index is 1.44. The third kappa shape index (κ3) is 10.9. The van der Waals surface area contributed by atoms with Crippen molar-refractivity contribution in [2.45, 2.75) is 58.5 Å². The van der Waals surface area contributed by atoms with E-state index in [0.29, 0.717) is 29.0 Å². The average Bonchev–Trinajstić information content (AvgIpc) is 3.47. The molecular weight excluding hydrogens is 712 g/mol. The van der Waals surface area contributed by atoms with Crippen LogP contribution in [0.1, 0.15) is 61.5 Å². The van der Waals surface area contributed by atoms with Gasteiger partial charge in [0, 0.05) is 19.4 Å². The average molecular weight is 753 g/mol. The summed E-state index contributed by atoms with van der Waals surface area (Å²) in [4.78, 5) is 60.2. The second kappa shape index (κ2) is 18.7. The zero-order chi connectivity index (χ0) is 39.3. The first-order valence-corrected chi connectivity index (χ1v) is 16.6. The van der Waals surface area contributed by atoms with Crippen LogP contribution in [0.25, 0.3) is 22.2 Å². The number of nitrogens with zero attached hydrogens (tertiary/aromatic N) is 5. The number of rotatable bonds is 19. The van der Waals surface area contributed by atoms with Gasteiger partial charge in [-0.1, -0.05) is 54.6 Å². The van der Waals surface area contributed by atoms with Gasteiger partial charge in [0.15, 0.2) is 5.84 Å². The van der Waals surface area contributed by atoms with Crippen LogP contribution in [-0.2, 0) is 30.4 Å². The van der Waals surface area contributed by atoms with Gasteiger partial charge in [0.05, 0.1) is 36.4 Å². The van der Waals surface area contributed by atoms with Gasteiger partial charge in [-0.25, -0.2) is 15.4 Å². The van der Waals surface area contributed by atoms with Gasteiger partial charge in [-0.2, -0.15) is 10.1 Å². The molecule has 1 unspecified atom stereocenters. The number of hydrogen-bond acceptors (Lipinski definition) is 16. The second-order valence-corrected chi connectivity index (χ2v) is 11.9. The van der Waals surface area contributed by atoms with Crippen molar-refractivity contribution < 1.29 is 48.4 Å². The highest BCUT2D eigenvalue weighted by Crippen LogP contribution is 2.30. The van der Waals surface area contributed by atoms with E-state index < -0.39 is 40.8 Å². The Morgan fingerprint density at radius 3 is 2.37 bits per heavy atom. The molecule has 4 rings (SSSR count). The van der Waals surface area contributed by atoms with E-state index in [1.165, 1.54) is 13.8 Å². The van der Waals surface area contributed by atoms with Crippen molar-refractivity contribution in [3.05, 3.63) is 104 Å². The third-order valence-electron chi connectivity index (χ3n) is 7.69. The maximum Gasteiger partial charge on any atom is 0.511 e. The molecule has 0 saturated carbocycles. The number of nitrogens with two attached hydrogens (primary N) is 2. The lowest BCUT2D eigenvalue weighted by molar-refractivity contribution is -0.790. The summed E-state index contributed by atoms with van der Waals surface area (Å²) in [5.41, 5.74) is 6.86. The van der Waals surface area contributed by atoms with E-state index >= 15 is 0 Å². The zero-order valence-electron chi connectivity index (χ0n) is 29.7. The molecule has 0 aliphatic heterocycles. The number of para-hydroxylation sites is 1. The van der Waals surface area contributed by atoms with E-state index in [-0.39, 0.29) is 44.0 Å². The number of amidine groups is 1. The lowest BCUT2D eigenvalue weighted by Crippen LogP contribution is -2.34. The van der Waals surface area contributed by atoms with Gasteiger partial charge in [-0.05, 0) is 55.0 Å². The van der Waals surface area contributed by atoms with Crippen LogP contribution in [0.4, 0.5) is 4.79 Å². The quantitative estimate of drug-likeness (QED) is 0.0177. The van der Waals surface area contributed by atoms with Crippen LogP contribution in [0.2, 0.25) is 0 Å². The highest BCUT2D eigenvalue weighted by molar-refractivity contribution is 6.04. The maximum absolute atomic E-state index is 13.6. The Labute approximate surface area is 308 Å². The number of fused-ring (bicyclic) bond motifs is 1. The van der Waals surface area contributed by atoms with Crippen LogP contribution in [0.15, 0.2) is 71.8 Å². The van der Waals surface area contributed by atoms with Gasteiger partial charge in [0.1, 0.15) is 12.7 Å². The fourth-order valence-corrected chi connectivity index (χ4v) is 5.40. The molecule has 3 aromatic carbocycles. The number of esters is 1. The molecule has 1 aromatic heterocycles. The monoisotopic (exact) mass is 752 g/mol. The first-order chi connectivity index (χ1) is 25.8. The molecule has 54 heavy (non-hydrogen) atoms. The molecule has 288 valence electrons. The molecule has 1 atom stereocenters. The predicted octanol–water partition coefficient (Wildman–Crippen LogP) is 4.24. The molecule has 0 aliphatic carbocycles. The first kappa shape index (κ1) is 40.1. The highest BCUT2D eigenvalue weighted by atomic mass is 17.0. The summed E-state index contributed by atoms with van der Waals surface area (Å²) < 4.78 is 23.5. The van der Waals surface area contributed by atoms with Gasteiger partial charge >= 0.3 is 12.1 Å². The Bertz CT molecular complexity index is 1970. The zero-order valence-corrected chi connectivity index (χ0v) is 29.7. The largest absolute Gasteiger partial charge is 0.511 e. The molecule has 0 amide bonds. The first-order valence-electron chi connectivity index (χ1n) is 16.6. The highest BCUT2D eigenvalue weighted by Gasteiger charge is 2.31.